The van der Waals surface area contributed by atoms with E-state index in [1.165, 1.54) is 16.7 Å². The third kappa shape index (κ3) is 3.15. The number of benzene rings is 2. The maximum absolute atomic E-state index is 6.14. The summed E-state index contributed by atoms with van der Waals surface area (Å²) in [5.74, 6) is 0. The first-order chi connectivity index (χ1) is 13.8. The SMILES string of the molecule is Clc1ccc(-c2cc(-c3ccccc3)nc3c2C=CC2=CC=CC=C3C2)cc1. The van der Waals surface area contributed by atoms with E-state index >= 15 is 0 Å². The average molecular weight is 380 g/mol. The summed E-state index contributed by atoms with van der Waals surface area (Å²) in [6.45, 7) is 0. The van der Waals surface area contributed by atoms with Crippen LogP contribution in [0.5, 0.6) is 0 Å². The number of hydrogen-bond donors (Lipinski definition) is 0. The third-order valence-corrected chi connectivity index (χ3v) is 5.42. The molecule has 0 radical (unpaired) electrons. The van der Waals surface area contributed by atoms with E-state index < -0.39 is 0 Å². The Morgan fingerprint density at radius 2 is 1.57 bits per heavy atom. The van der Waals surface area contributed by atoms with E-state index in [4.69, 9.17) is 16.6 Å². The van der Waals surface area contributed by atoms with Gasteiger partial charge in [-0.2, -0.15) is 0 Å². The van der Waals surface area contributed by atoms with Crippen LogP contribution in [0.3, 0.4) is 0 Å². The molecule has 2 heteroatoms. The van der Waals surface area contributed by atoms with Crippen LogP contribution in [-0.4, -0.2) is 4.98 Å². The molecule has 0 saturated carbocycles. The van der Waals surface area contributed by atoms with Crippen LogP contribution in [0.2, 0.25) is 5.02 Å². The quantitative estimate of drug-likeness (QED) is 0.453. The molecule has 2 bridgehead atoms. The highest BCUT2D eigenvalue weighted by Crippen LogP contribution is 2.38. The molecule has 1 nitrogen and oxygen atoms in total. The highest BCUT2D eigenvalue weighted by molar-refractivity contribution is 6.30. The summed E-state index contributed by atoms with van der Waals surface area (Å²) in [7, 11) is 0. The van der Waals surface area contributed by atoms with Crippen molar-refractivity contribution in [2.45, 2.75) is 6.42 Å². The molecule has 5 rings (SSSR count). The Morgan fingerprint density at radius 1 is 0.786 bits per heavy atom. The second kappa shape index (κ2) is 7.10. The van der Waals surface area contributed by atoms with Crippen LogP contribution in [-0.2, 0) is 0 Å². The van der Waals surface area contributed by atoms with Crippen LogP contribution in [0.4, 0.5) is 0 Å². The summed E-state index contributed by atoms with van der Waals surface area (Å²) >= 11 is 6.14. The lowest BCUT2D eigenvalue weighted by Crippen LogP contribution is -1.99. The molecular weight excluding hydrogens is 362 g/mol. The zero-order valence-corrected chi connectivity index (χ0v) is 16.0. The van der Waals surface area contributed by atoms with Gasteiger partial charge in [0.2, 0.25) is 0 Å². The average Bonchev–Trinajstić information content (AvgIpc) is 3.08. The molecule has 0 aliphatic heterocycles. The fraction of sp³-hybridized carbons (Fsp3) is 0.0385. The van der Waals surface area contributed by atoms with Crippen molar-refractivity contribution in [2.75, 3.05) is 0 Å². The number of pyridine rings is 1. The molecule has 3 aromatic rings. The number of nitrogens with zero attached hydrogens (tertiary/aromatic N) is 1. The largest absolute Gasteiger partial charge is 0.247 e. The molecule has 0 N–H and O–H groups in total. The van der Waals surface area contributed by atoms with E-state index in [2.05, 4.69) is 78.9 Å². The summed E-state index contributed by atoms with van der Waals surface area (Å²) in [6, 6.07) is 20.6. The number of rotatable bonds is 2. The van der Waals surface area contributed by atoms with Gasteiger partial charge in [-0.05, 0) is 46.9 Å². The highest BCUT2D eigenvalue weighted by atomic mass is 35.5. The molecule has 0 spiro atoms. The second-order valence-corrected chi connectivity index (χ2v) is 7.46. The van der Waals surface area contributed by atoms with Gasteiger partial charge >= 0.3 is 0 Å². The Kier molecular flexibility index (Phi) is 4.31. The maximum atomic E-state index is 6.14. The zero-order valence-electron chi connectivity index (χ0n) is 15.3. The van der Waals surface area contributed by atoms with Crippen LogP contribution in [0, 0.1) is 0 Å². The number of hydrogen-bond acceptors (Lipinski definition) is 1. The number of halogens is 1. The van der Waals surface area contributed by atoms with Crippen molar-refractivity contribution in [2.24, 2.45) is 0 Å². The molecule has 2 aliphatic rings. The van der Waals surface area contributed by atoms with E-state index in [0.717, 1.165) is 39.5 Å². The molecule has 0 atom stereocenters. The number of allylic oxidation sites excluding steroid dienone is 7. The van der Waals surface area contributed by atoms with Crippen molar-refractivity contribution in [3.63, 3.8) is 0 Å². The Balaban J connectivity index is 1.80. The molecule has 2 aliphatic carbocycles. The van der Waals surface area contributed by atoms with E-state index in [-0.39, 0.29) is 0 Å². The molecule has 0 fully saturated rings. The van der Waals surface area contributed by atoms with Gasteiger partial charge in [0.25, 0.3) is 0 Å². The summed E-state index contributed by atoms with van der Waals surface area (Å²) in [4.78, 5) is 5.10. The Bertz CT molecular complexity index is 1160. The molecule has 1 heterocycles. The van der Waals surface area contributed by atoms with E-state index in [0.29, 0.717) is 0 Å². The molecule has 2 aromatic carbocycles. The van der Waals surface area contributed by atoms with Crippen LogP contribution < -0.4 is 0 Å². The first kappa shape index (κ1) is 17.0. The Morgan fingerprint density at radius 3 is 2.39 bits per heavy atom. The first-order valence-corrected chi connectivity index (χ1v) is 9.77. The van der Waals surface area contributed by atoms with Gasteiger partial charge in [-0.15, -0.1) is 0 Å². The van der Waals surface area contributed by atoms with Crippen molar-refractivity contribution in [1.82, 2.24) is 4.98 Å². The van der Waals surface area contributed by atoms with Gasteiger partial charge in [-0.25, -0.2) is 4.98 Å². The fourth-order valence-electron chi connectivity index (χ4n) is 3.75. The van der Waals surface area contributed by atoms with Gasteiger partial charge in [-0.1, -0.05) is 90.5 Å². The van der Waals surface area contributed by atoms with Crippen molar-refractivity contribution >= 4 is 23.3 Å². The summed E-state index contributed by atoms with van der Waals surface area (Å²) in [6.07, 6.45) is 13.9. The predicted octanol–water partition coefficient (Wildman–Crippen LogP) is 7.37. The van der Waals surface area contributed by atoms with Gasteiger partial charge < -0.3 is 0 Å². The van der Waals surface area contributed by atoms with Crippen molar-refractivity contribution in [1.29, 1.82) is 0 Å². The highest BCUT2D eigenvalue weighted by Gasteiger charge is 2.19. The maximum Gasteiger partial charge on any atom is 0.0751 e. The van der Waals surface area contributed by atoms with Gasteiger partial charge in [0.05, 0.1) is 11.4 Å². The van der Waals surface area contributed by atoms with Crippen molar-refractivity contribution in [3.8, 4) is 22.4 Å². The van der Waals surface area contributed by atoms with E-state index in [9.17, 15) is 0 Å². The molecule has 1 aromatic heterocycles. The number of fused-ring (bicyclic) bond motifs is 4. The topological polar surface area (TPSA) is 12.9 Å². The van der Waals surface area contributed by atoms with Crippen LogP contribution in [0.15, 0.2) is 96.6 Å². The van der Waals surface area contributed by atoms with Crippen molar-refractivity contribution < 1.29 is 0 Å². The predicted molar refractivity (Wildman–Crippen MR) is 119 cm³/mol. The lowest BCUT2D eigenvalue weighted by molar-refractivity contribution is 1.22. The van der Waals surface area contributed by atoms with Gasteiger partial charge in [0.1, 0.15) is 0 Å². The Hall–Kier alpha value is -3.16. The van der Waals surface area contributed by atoms with Gasteiger partial charge in [0, 0.05) is 16.1 Å². The second-order valence-electron chi connectivity index (χ2n) is 7.02. The smallest absolute Gasteiger partial charge is 0.0751 e. The molecular formula is C26H18ClN. The minimum Gasteiger partial charge on any atom is -0.247 e. The van der Waals surface area contributed by atoms with Gasteiger partial charge in [0.15, 0.2) is 0 Å². The minimum atomic E-state index is 0.744. The van der Waals surface area contributed by atoms with Crippen LogP contribution >= 0.6 is 11.6 Å². The number of aromatic nitrogens is 1. The molecule has 0 saturated heterocycles. The molecule has 0 unspecified atom stereocenters. The molecule has 28 heavy (non-hydrogen) atoms. The summed E-state index contributed by atoms with van der Waals surface area (Å²) < 4.78 is 0. The molecule has 134 valence electrons. The lowest BCUT2D eigenvalue weighted by atomic mass is 9.93. The monoisotopic (exact) mass is 379 g/mol. The normalized spacial score (nSPS) is 14.6. The summed E-state index contributed by atoms with van der Waals surface area (Å²) in [5, 5.41) is 0.744. The molecule has 0 amide bonds. The van der Waals surface area contributed by atoms with Crippen LogP contribution in [0.1, 0.15) is 17.7 Å². The standard InChI is InChI=1S/C26H18ClN/c27-22-13-11-19(12-14-22)24-17-25(20-7-2-1-3-8-20)28-26-21-9-5-4-6-18(16-21)10-15-23(24)26/h1-15,17H,16H2. The van der Waals surface area contributed by atoms with E-state index in [1.54, 1.807) is 0 Å². The lowest BCUT2D eigenvalue weighted by Gasteiger charge is -2.15. The zero-order chi connectivity index (χ0) is 18.9. The van der Waals surface area contributed by atoms with Crippen molar-refractivity contribution in [3.05, 3.63) is 113 Å². The summed E-state index contributed by atoms with van der Waals surface area (Å²) in [5.41, 5.74) is 9.17. The first-order valence-electron chi connectivity index (χ1n) is 9.39. The van der Waals surface area contributed by atoms with Gasteiger partial charge in [-0.3, -0.25) is 0 Å². The Labute approximate surface area is 170 Å². The van der Waals surface area contributed by atoms with E-state index in [1.807, 2.05) is 18.2 Å². The third-order valence-electron chi connectivity index (χ3n) is 5.17. The minimum absolute atomic E-state index is 0.744. The fourth-order valence-corrected chi connectivity index (χ4v) is 3.88. The van der Waals surface area contributed by atoms with Crippen LogP contribution in [0.25, 0.3) is 34.0 Å².